The number of nitrogens with zero attached hydrogens (tertiary/aromatic N) is 1. The summed E-state index contributed by atoms with van der Waals surface area (Å²) in [6.07, 6.45) is -0.174. The lowest BCUT2D eigenvalue weighted by Gasteiger charge is -2.26. The van der Waals surface area contributed by atoms with Gasteiger partial charge in [-0.3, -0.25) is 38.9 Å². The van der Waals surface area contributed by atoms with Crippen molar-refractivity contribution >= 4 is 53.7 Å². The Bertz CT molecular complexity index is 1180. The Hall–Kier alpha value is -4.51. The number of nitro groups is 1. The minimum atomic E-state index is -1.46. The number of hydrogen-bond donors (Lipinski definition) is 7. The number of benzene rings is 1. The monoisotopic (exact) mass is 616 g/mol. The Morgan fingerprint density at radius 2 is 1.69 bits per heavy atom. The van der Waals surface area contributed by atoms with Crippen molar-refractivity contribution in [2.45, 2.75) is 56.7 Å². The molecule has 0 radical (unpaired) electrons. The molecule has 2 rings (SSSR count). The first kappa shape index (κ1) is 35.5. The van der Waals surface area contributed by atoms with Crippen molar-refractivity contribution in [3.63, 3.8) is 0 Å². The van der Waals surface area contributed by atoms with Crippen LogP contribution in [0.2, 0.25) is 0 Å². The lowest BCUT2D eigenvalue weighted by atomic mass is 10.0. The zero-order chi connectivity index (χ0) is 30.5. The van der Waals surface area contributed by atoms with Crippen molar-refractivity contribution in [1.29, 1.82) is 0 Å². The Kier molecular flexibility index (Phi) is 14.7. The van der Waals surface area contributed by atoms with E-state index in [0.717, 1.165) is 18.2 Å². The van der Waals surface area contributed by atoms with E-state index in [2.05, 4.69) is 21.3 Å². The molecule has 0 saturated heterocycles. The molecule has 1 aliphatic heterocycles. The molecule has 0 saturated carbocycles. The van der Waals surface area contributed by atoms with Crippen LogP contribution in [0.15, 0.2) is 18.2 Å². The Balaban J connectivity index is 0.00000882. The van der Waals surface area contributed by atoms with Crippen molar-refractivity contribution < 1.29 is 48.6 Å². The molecule has 232 valence electrons. The summed E-state index contributed by atoms with van der Waals surface area (Å²) < 4.78 is 5.61. The van der Waals surface area contributed by atoms with Crippen LogP contribution in [0.4, 0.5) is 5.69 Å². The van der Waals surface area contributed by atoms with Gasteiger partial charge in [0.25, 0.3) is 11.6 Å². The van der Waals surface area contributed by atoms with Gasteiger partial charge >= 0.3 is 11.9 Å². The Morgan fingerprint density at radius 3 is 2.31 bits per heavy atom. The highest BCUT2D eigenvalue weighted by Crippen LogP contribution is 2.25. The summed E-state index contributed by atoms with van der Waals surface area (Å²) >= 11 is 0. The number of nitrogens with one attached hydrogen (secondary N) is 4. The lowest BCUT2D eigenvalue weighted by molar-refractivity contribution is -0.384. The van der Waals surface area contributed by atoms with Crippen LogP contribution in [0.1, 0.15) is 48.9 Å². The number of nitro benzene ring substituents is 1. The average molecular weight is 617 g/mol. The number of halogens is 1. The molecule has 42 heavy (non-hydrogen) atoms. The molecule has 1 aromatic carbocycles. The van der Waals surface area contributed by atoms with E-state index in [1.54, 1.807) is 0 Å². The molecular formula is C24H33ClN6O11. The third-order valence-corrected chi connectivity index (χ3v) is 5.98. The second-order valence-electron chi connectivity index (χ2n) is 9.05. The standard InChI is InChI=1S/C24H32N6O11.ClH/c25-9-2-1-3-15-23(37)29-17(22(36)26-12-20(33)34)8-10-41-18-6-4-13(30(39)40)11-14(18)21(35)27-16(24(38)28-15)5-7-19(31)32;/h4,6,11,15-17H,1-3,5,7-10,12,25H2,(H,26,36)(H,27,35)(H,28,38)(H,29,37)(H,31,32)(H,33,34);1H/t15-,16-,17-;/m0./s1. The van der Waals surface area contributed by atoms with Crippen molar-refractivity contribution in [2.24, 2.45) is 5.73 Å². The molecule has 18 heteroatoms. The van der Waals surface area contributed by atoms with Crippen molar-refractivity contribution in [3.05, 3.63) is 33.9 Å². The largest absolute Gasteiger partial charge is 0.493 e. The Labute approximate surface area is 245 Å². The molecule has 17 nitrogen and oxygen atoms in total. The van der Waals surface area contributed by atoms with Gasteiger partial charge < -0.3 is 42.0 Å². The second-order valence-corrected chi connectivity index (χ2v) is 9.05. The molecule has 1 heterocycles. The molecule has 0 spiro atoms. The number of nitrogens with two attached hydrogens (primary N) is 1. The van der Waals surface area contributed by atoms with E-state index in [-0.39, 0.29) is 49.6 Å². The number of amides is 4. The SMILES string of the molecule is Cl.NCCCC[C@@H]1NC(=O)[C@H](CCC(=O)O)NC(=O)c2cc([N+](=O)[O-])ccc2OCC[C@@H](C(=O)NCC(=O)O)NC1=O. The number of aliphatic carboxylic acids is 2. The molecule has 4 amide bonds. The fourth-order valence-corrected chi connectivity index (χ4v) is 3.86. The highest BCUT2D eigenvalue weighted by atomic mass is 35.5. The predicted molar refractivity (Wildman–Crippen MR) is 146 cm³/mol. The maximum atomic E-state index is 13.2. The number of carboxylic acids is 2. The number of carboxylic acid groups (broad SMARTS) is 2. The van der Waals surface area contributed by atoms with Crippen LogP contribution in [0.3, 0.4) is 0 Å². The van der Waals surface area contributed by atoms with Gasteiger partial charge in [0, 0.05) is 25.0 Å². The third kappa shape index (κ3) is 11.2. The molecule has 0 unspecified atom stereocenters. The first-order valence-corrected chi connectivity index (χ1v) is 12.7. The minimum absolute atomic E-state index is 0. The van der Waals surface area contributed by atoms with E-state index in [1.807, 2.05) is 0 Å². The van der Waals surface area contributed by atoms with Crippen LogP contribution in [-0.4, -0.2) is 88.5 Å². The summed E-state index contributed by atoms with van der Waals surface area (Å²) in [5.74, 6) is -6.29. The number of carbonyl (C=O) groups excluding carboxylic acids is 4. The molecule has 0 aliphatic carbocycles. The van der Waals surface area contributed by atoms with Gasteiger partial charge in [-0.25, -0.2) is 0 Å². The topological polar surface area (TPSA) is 269 Å². The van der Waals surface area contributed by atoms with Gasteiger partial charge in [-0.15, -0.1) is 12.4 Å². The number of rotatable bonds is 11. The van der Waals surface area contributed by atoms with E-state index >= 15 is 0 Å². The molecular weight excluding hydrogens is 584 g/mol. The first-order chi connectivity index (χ1) is 19.4. The van der Waals surface area contributed by atoms with E-state index in [4.69, 9.17) is 20.7 Å². The van der Waals surface area contributed by atoms with Gasteiger partial charge in [0.2, 0.25) is 17.7 Å². The molecule has 0 fully saturated rings. The zero-order valence-electron chi connectivity index (χ0n) is 22.3. The van der Waals surface area contributed by atoms with Crippen LogP contribution in [0.5, 0.6) is 5.75 Å². The number of unbranched alkanes of at least 4 members (excludes halogenated alkanes) is 1. The predicted octanol–water partition coefficient (Wildman–Crippen LogP) is -0.938. The first-order valence-electron chi connectivity index (χ1n) is 12.7. The highest BCUT2D eigenvalue weighted by Gasteiger charge is 2.31. The molecule has 0 bridgehead atoms. The molecule has 0 aromatic heterocycles. The molecule has 1 aliphatic rings. The van der Waals surface area contributed by atoms with Gasteiger partial charge in [0.05, 0.1) is 17.1 Å². The molecule has 1 aromatic rings. The normalized spacial score (nSPS) is 19.3. The summed E-state index contributed by atoms with van der Waals surface area (Å²) in [4.78, 5) is 84.9. The van der Waals surface area contributed by atoms with Gasteiger partial charge in [-0.05, 0) is 38.3 Å². The number of ether oxygens (including phenoxy) is 1. The number of fused-ring (bicyclic) bond motifs is 1. The highest BCUT2D eigenvalue weighted by molar-refractivity contribution is 6.01. The van der Waals surface area contributed by atoms with Crippen LogP contribution < -0.4 is 31.7 Å². The van der Waals surface area contributed by atoms with Gasteiger partial charge in [-0.2, -0.15) is 0 Å². The van der Waals surface area contributed by atoms with Crippen LogP contribution in [0, 0.1) is 10.1 Å². The maximum Gasteiger partial charge on any atom is 0.322 e. The summed E-state index contributed by atoms with van der Waals surface area (Å²) in [6.45, 7) is -0.737. The number of carbonyl (C=O) groups is 6. The lowest BCUT2D eigenvalue weighted by Crippen LogP contribution is -2.57. The van der Waals surface area contributed by atoms with Crippen molar-refractivity contribution in [3.8, 4) is 5.75 Å². The Morgan fingerprint density at radius 1 is 1.02 bits per heavy atom. The van der Waals surface area contributed by atoms with Crippen LogP contribution in [0.25, 0.3) is 0 Å². The van der Waals surface area contributed by atoms with Gasteiger partial charge in [0.15, 0.2) is 0 Å². The number of non-ortho nitro benzene ring substituents is 1. The summed E-state index contributed by atoms with van der Waals surface area (Å²) in [7, 11) is 0. The van der Waals surface area contributed by atoms with E-state index in [9.17, 15) is 38.9 Å². The maximum absolute atomic E-state index is 13.2. The smallest absolute Gasteiger partial charge is 0.322 e. The summed E-state index contributed by atoms with van der Waals surface area (Å²) in [5.41, 5.74) is 4.72. The van der Waals surface area contributed by atoms with Crippen molar-refractivity contribution in [2.75, 3.05) is 19.7 Å². The summed E-state index contributed by atoms with van der Waals surface area (Å²) in [6, 6.07) is -0.905. The van der Waals surface area contributed by atoms with Gasteiger partial charge in [0.1, 0.15) is 30.4 Å². The average Bonchev–Trinajstić information content (AvgIpc) is 2.91. The fourth-order valence-electron chi connectivity index (χ4n) is 3.86. The quantitative estimate of drug-likeness (QED) is 0.0901. The second kappa shape index (κ2) is 17.3. The molecule has 3 atom stereocenters. The molecule has 8 N–H and O–H groups in total. The minimum Gasteiger partial charge on any atom is -0.493 e. The summed E-state index contributed by atoms with van der Waals surface area (Å²) in [5, 5.41) is 38.8. The van der Waals surface area contributed by atoms with E-state index in [1.165, 1.54) is 0 Å². The third-order valence-electron chi connectivity index (χ3n) is 5.98. The van der Waals surface area contributed by atoms with Crippen LogP contribution >= 0.6 is 12.4 Å². The number of hydrogen-bond acceptors (Lipinski definition) is 10. The van der Waals surface area contributed by atoms with E-state index in [0.29, 0.717) is 19.4 Å². The zero-order valence-corrected chi connectivity index (χ0v) is 23.1. The fraction of sp³-hybridized carbons (Fsp3) is 0.500. The van der Waals surface area contributed by atoms with Crippen molar-refractivity contribution in [1.82, 2.24) is 21.3 Å². The van der Waals surface area contributed by atoms with Gasteiger partial charge in [-0.1, -0.05) is 0 Å². The van der Waals surface area contributed by atoms with E-state index < -0.39 is 77.3 Å². The van der Waals surface area contributed by atoms with Crippen LogP contribution in [-0.2, 0) is 24.0 Å².